The van der Waals surface area contributed by atoms with Crippen molar-refractivity contribution in [1.82, 2.24) is 9.88 Å². The quantitative estimate of drug-likeness (QED) is 0.0917. The third-order valence-electron chi connectivity index (χ3n) is 7.48. The van der Waals surface area contributed by atoms with Gasteiger partial charge in [0, 0.05) is 11.3 Å². The summed E-state index contributed by atoms with van der Waals surface area (Å²) in [5.41, 5.74) is 6.83. The van der Waals surface area contributed by atoms with E-state index in [1.165, 1.54) is 4.90 Å². The van der Waals surface area contributed by atoms with Crippen LogP contribution in [0, 0.1) is 6.92 Å². The van der Waals surface area contributed by atoms with Crippen molar-refractivity contribution in [3.8, 4) is 28.2 Å². The summed E-state index contributed by atoms with van der Waals surface area (Å²) in [5, 5.41) is 2.72. The molecule has 45 heavy (non-hydrogen) atoms. The van der Waals surface area contributed by atoms with Crippen LogP contribution in [0.5, 0.6) is 0 Å². The van der Waals surface area contributed by atoms with Gasteiger partial charge in [-0.1, -0.05) is 78.4 Å². The number of anilines is 1. The van der Waals surface area contributed by atoms with Crippen molar-refractivity contribution in [1.29, 1.82) is 0 Å². The molecule has 4 aromatic carbocycles. The van der Waals surface area contributed by atoms with Crippen LogP contribution < -0.4 is 10.2 Å². The van der Waals surface area contributed by atoms with Crippen LogP contribution in [0.1, 0.15) is 28.4 Å². The van der Waals surface area contributed by atoms with Gasteiger partial charge in [-0.3, -0.25) is 19.8 Å². The number of esters is 1. The second kappa shape index (κ2) is 12.6. The minimum Gasteiger partial charge on any atom is -0.462 e. The van der Waals surface area contributed by atoms with E-state index in [4.69, 9.17) is 17.0 Å². The van der Waals surface area contributed by atoms with Gasteiger partial charge in [0.25, 0.3) is 11.8 Å². The predicted octanol–water partition coefficient (Wildman–Crippen LogP) is 7.13. The van der Waals surface area contributed by atoms with Crippen LogP contribution in [0.3, 0.4) is 0 Å². The number of nitrogens with one attached hydrogen (secondary N) is 1. The summed E-state index contributed by atoms with van der Waals surface area (Å²) in [7, 11) is 0. The molecular weight excluding hydrogens is 582 g/mol. The molecule has 222 valence electrons. The number of hydrogen-bond donors (Lipinski definition) is 1. The highest BCUT2D eigenvalue weighted by atomic mass is 32.1. The van der Waals surface area contributed by atoms with Crippen molar-refractivity contribution in [2.24, 2.45) is 0 Å². The number of carbonyl (C=O) groups excluding carboxylic acids is 3. The fourth-order valence-electron chi connectivity index (χ4n) is 5.32. The molecule has 0 saturated carbocycles. The molecule has 1 aromatic heterocycles. The highest BCUT2D eigenvalue weighted by molar-refractivity contribution is 7.80. The lowest BCUT2D eigenvalue weighted by Crippen LogP contribution is -2.54. The lowest BCUT2D eigenvalue weighted by molar-refractivity contribution is -0.122. The minimum absolute atomic E-state index is 0.0264. The Morgan fingerprint density at radius 3 is 2.04 bits per heavy atom. The highest BCUT2D eigenvalue weighted by Crippen LogP contribution is 2.38. The van der Waals surface area contributed by atoms with Crippen molar-refractivity contribution < 1.29 is 19.1 Å². The summed E-state index contributed by atoms with van der Waals surface area (Å²) >= 11 is 5.42. The van der Waals surface area contributed by atoms with Crippen LogP contribution in [0.25, 0.3) is 34.3 Å². The van der Waals surface area contributed by atoms with E-state index in [1.54, 1.807) is 37.3 Å². The Kier molecular flexibility index (Phi) is 8.22. The average Bonchev–Trinajstić information content (AvgIpc) is 3.44. The molecule has 2 heterocycles. The van der Waals surface area contributed by atoms with E-state index in [0.29, 0.717) is 16.8 Å². The number of benzene rings is 4. The third-order valence-corrected chi connectivity index (χ3v) is 7.76. The van der Waals surface area contributed by atoms with Gasteiger partial charge in [0.2, 0.25) is 0 Å². The zero-order chi connectivity index (χ0) is 31.5. The Morgan fingerprint density at radius 1 is 0.822 bits per heavy atom. The van der Waals surface area contributed by atoms with Gasteiger partial charge in [0.15, 0.2) is 5.11 Å². The second-order valence-electron chi connectivity index (χ2n) is 10.5. The predicted molar refractivity (Wildman–Crippen MR) is 180 cm³/mol. The van der Waals surface area contributed by atoms with Crippen molar-refractivity contribution >= 4 is 46.9 Å². The first-order valence-electron chi connectivity index (χ1n) is 14.5. The number of thiocarbonyl (C=S) groups is 1. The number of amides is 2. The lowest BCUT2D eigenvalue weighted by atomic mass is 10.0. The first kappa shape index (κ1) is 29.5. The topological polar surface area (TPSA) is 80.6 Å². The summed E-state index contributed by atoms with van der Waals surface area (Å²) in [6.45, 7) is 4.01. The Labute approximate surface area is 266 Å². The Hall–Kier alpha value is -5.60. The van der Waals surface area contributed by atoms with E-state index >= 15 is 0 Å². The number of hydrogen-bond acceptors (Lipinski definition) is 5. The molecular formula is C37H29N3O4S. The largest absolute Gasteiger partial charge is 0.462 e. The monoisotopic (exact) mass is 611 g/mol. The molecule has 1 aliphatic heterocycles. The maximum atomic E-state index is 13.9. The van der Waals surface area contributed by atoms with E-state index in [-0.39, 0.29) is 17.3 Å². The number of aryl methyl sites for hydroxylation is 1. The van der Waals surface area contributed by atoms with E-state index in [1.807, 2.05) is 97.9 Å². The first-order valence-corrected chi connectivity index (χ1v) is 14.9. The molecule has 0 spiro atoms. The lowest BCUT2D eigenvalue weighted by Gasteiger charge is -2.29. The van der Waals surface area contributed by atoms with Gasteiger partial charge < -0.3 is 9.30 Å². The molecule has 0 atom stereocenters. The number of nitrogens with zero attached hydrogens (tertiary/aromatic N) is 2. The summed E-state index contributed by atoms with van der Waals surface area (Å²) in [6.07, 6.45) is 1.62. The molecule has 0 unspecified atom stereocenters. The summed E-state index contributed by atoms with van der Waals surface area (Å²) in [6, 6.07) is 36.1. The average molecular weight is 612 g/mol. The van der Waals surface area contributed by atoms with Gasteiger partial charge in [-0.2, -0.15) is 0 Å². The molecule has 7 nitrogen and oxygen atoms in total. The van der Waals surface area contributed by atoms with Crippen molar-refractivity contribution in [3.63, 3.8) is 0 Å². The van der Waals surface area contributed by atoms with Gasteiger partial charge in [0.1, 0.15) is 5.57 Å². The molecule has 1 fully saturated rings. The SMILES string of the molecule is CCOC(=O)c1ccc(-n2c(-c3ccccc3)cc(/C=C3\C(=O)NC(=S)N(c4ccc(C)cc4)C3=O)c2-c2ccccc2)cc1. The molecule has 6 rings (SSSR count). The van der Waals surface area contributed by atoms with E-state index < -0.39 is 17.8 Å². The fourth-order valence-corrected chi connectivity index (χ4v) is 5.60. The molecule has 1 N–H and O–H groups in total. The zero-order valence-electron chi connectivity index (χ0n) is 24.7. The number of carbonyl (C=O) groups is 3. The molecule has 0 radical (unpaired) electrons. The van der Waals surface area contributed by atoms with E-state index in [9.17, 15) is 14.4 Å². The van der Waals surface area contributed by atoms with Gasteiger partial charge in [-0.25, -0.2) is 4.79 Å². The second-order valence-corrected chi connectivity index (χ2v) is 10.8. The number of rotatable bonds is 7. The van der Waals surface area contributed by atoms with Crippen molar-refractivity contribution in [3.05, 3.63) is 138 Å². The first-order chi connectivity index (χ1) is 21.9. The fraction of sp³-hybridized carbons (Fsp3) is 0.0811. The van der Waals surface area contributed by atoms with Crippen LogP contribution in [-0.2, 0) is 14.3 Å². The molecule has 1 aliphatic rings. The molecule has 0 aliphatic carbocycles. The Morgan fingerprint density at radius 2 is 1.42 bits per heavy atom. The summed E-state index contributed by atoms with van der Waals surface area (Å²) in [4.78, 5) is 41.0. The third kappa shape index (κ3) is 5.83. The summed E-state index contributed by atoms with van der Waals surface area (Å²) in [5.74, 6) is -1.48. The smallest absolute Gasteiger partial charge is 0.338 e. The van der Waals surface area contributed by atoms with Crippen LogP contribution in [0.15, 0.2) is 121 Å². The maximum absolute atomic E-state index is 13.9. The molecule has 5 aromatic rings. The molecule has 2 amide bonds. The van der Waals surface area contributed by atoms with Gasteiger partial charge in [0.05, 0.1) is 29.2 Å². The maximum Gasteiger partial charge on any atom is 0.338 e. The van der Waals surface area contributed by atoms with Crippen molar-refractivity contribution in [2.75, 3.05) is 11.5 Å². The van der Waals surface area contributed by atoms with E-state index in [0.717, 1.165) is 33.8 Å². The Balaban J connectivity index is 1.57. The van der Waals surface area contributed by atoms with Crippen LogP contribution >= 0.6 is 12.2 Å². The summed E-state index contributed by atoms with van der Waals surface area (Å²) < 4.78 is 7.25. The standard InChI is InChI=1S/C37H29N3O4S/c1-3-44-36(43)27-16-20-29(21-17-27)39-32(25-10-6-4-7-11-25)23-28(33(39)26-12-8-5-9-13-26)22-31-34(41)38-37(45)40(35(31)42)30-18-14-24(2)15-19-30/h4-23H,3H2,1-2H3,(H,38,41,45)/b31-22+. The number of ether oxygens (including phenoxy) is 1. The number of aromatic nitrogens is 1. The molecule has 0 bridgehead atoms. The zero-order valence-corrected chi connectivity index (χ0v) is 25.5. The van der Waals surface area contributed by atoms with Crippen LogP contribution in [0.4, 0.5) is 5.69 Å². The molecule has 1 saturated heterocycles. The van der Waals surface area contributed by atoms with Crippen LogP contribution in [0.2, 0.25) is 0 Å². The van der Waals surface area contributed by atoms with Crippen molar-refractivity contribution in [2.45, 2.75) is 13.8 Å². The van der Waals surface area contributed by atoms with Crippen LogP contribution in [-0.4, -0.2) is 34.1 Å². The molecule has 8 heteroatoms. The van der Waals surface area contributed by atoms with Gasteiger partial charge >= 0.3 is 5.97 Å². The highest BCUT2D eigenvalue weighted by Gasteiger charge is 2.35. The van der Waals surface area contributed by atoms with Gasteiger partial charge in [-0.15, -0.1) is 0 Å². The minimum atomic E-state index is -0.569. The van der Waals surface area contributed by atoms with E-state index in [2.05, 4.69) is 9.88 Å². The van der Waals surface area contributed by atoms with Gasteiger partial charge in [-0.05, 0) is 85.7 Å². The Bertz CT molecular complexity index is 1950. The normalized spacial score (nSPS) is 14.0.